The van der Waals surface area contributed by atoms with Crippen LogP contribution in [-0.2, 0) is 27.7 Å². The van der Waals surface area contributed by atoms with Gasteiger partial charge in [0.15, 0.2) is 0 Å². The van der Waals surface area contributed by atoms with E-state index in [1.807, 2.05) is 25.1 Å². The second-order valence-corrected chi connectivity index (χ2v) is 11.0. The molecule has 4 N–H and O–H groups in total. The van der Waals surface area contributed by atoms with E-state index in [0.29, 0.717) is 23.5 Å². The largest absolute Gasteiger partial charge is 0.490 e. The topological polar surface area (TPSA) is 140 Å². The van der Waals surface area contributed by atoms with Gasteiger partial charge in [-0.3, -0.25) is 0 Å². The molecule has 0 saturated carbocycles. The molecule has 0 aliphatic heterocycles. The van der Waals surface area contributed by atoms with Gasteiger partial charge in [0.05, 0.1) is 34.3 Å². The second-order valence-electron chi connectivity index (χ2n) is 9.99. The number of nitrogens with zero attached hydrogens (tertiary/aromatic N) is 3. The number of alkyl halides is 6. The molecule has 3 heterocycles. The average Bonchev–Trinajstić information content (AvgIpc) is 3.47. The number of aryl methyl sites for hydroxylation is 2. The Hall–Kier alpha value is -4.57. The van der Waals surface area contributed by atoms with Crippen molar-refractivity contribution in [1.29, 1.82) is 0 Å². The fraction of sp³-hybridized carbons (Fsp3) is 0.276. The number of thiazole rings is 1. The quantitative estimate of drug-likeness (QED) is 0.160. The molecule has 45 heavy (non-hydrogen) atoms. The zero-order valence-corrected chi connectivity index (χ0v) is 24.4. The molecular formula is C29H25F6N5O4S. The third-order valence-electron chi connectivity index (χ3n) is 6.72. The normalized spacial score (nSPS) is 16.2. The Kier molecular flexibility index (Phi) is 9.48. The van der Waals surface area contributed by atoms with Crippen LogP contribution in [0.4, 0.5) is 38.0 Å². The van der Waals surface area contributed by atoms with E-state index >= 15 is 0 Å². The fourth-order valence-corrected chi connectivity index (χ4v) is 5.68. The first kappa shape index (κ1) is 33.3. The maximum Gasteiger partial charge on any atom is 0.490 e. The van der Waals surface area contributed by atoms with Crippen molar-refractivity contribution in [2.75, 3.05) is 12.4 Å². The second kappa shape index (κ2) is 12.8. The van der Waals surface area contributed by atoms with Gasteiger partial charge in [0.25, 0.3) is 0 Å². The minimum Gasteiger partial charge on any atom is -0.475 e. The Morgan fingerprint density at radius 2 is 1.76 bits per heavy atom. The number of carbonyl (C=O) groups is 2. The van der Waals surface area contributed by atoms with E-state index < -0.39 is 35.4 Å². The summed E-state index contributed by atoms with van der Waals surface area (Å²) < 4.78 is 75.9. The average molecular weight is 654 g/mol. The molecule has 1 atom stereocenters. The van der Waals surface area contributed by atoms with Crippen LogP contribution in [0.15, 0.2) is 54.9 Å². The number of halogens is 6. The number of carboxylic acid groups (broad SMARTS) is 1. The monoisotopic (exact) mass is 653 g/mol. The van der Waals surface area contributed by atoms with Gasteiger partial charge in [-0.25, -0.2) is 24.5 Å². The molecule has 0 radical (unpaired) electrons. The number of esters is 1. The van der Waals surface area contributed by atoms with E-state index in [2.05, 4.69) is 20.3 Å². The Balaban J connectivity index is 0.000000591. The number of aliphatic carboxylic acids is 1. The number of methoxy groups -OCH3 is 1. The summed E-state index contributed by atoms with van der Waals surface area (Å²) in [6.45, 7) is 1.87. The number of carbonyl (C=O) groups excluding carboxylic acids is 1. The molecule has 1 unspecified atom stereocenters. The zero-order valence-electron chi connectivity index (χ0n) is 23.6. The van der Waals surface area contributed by atoms with Crippen molar-refractivity contribution in [1.82, 2.24) is 15.0 Å². The van der Waals surface area contributed by atoms with Crippen LogP contribution in [0.5, 0.6) is 0 Å². The van der Waals surface area contributed by atoms with Gasteiger partial charge in [-0.15, -0.1) is 11.3 Å². The van der Waals surface area contributed by atoms with Gasteiger partial charge in [-0.05, 0) is 79.3 Å². The molecule has 9 nitrogen and oxygen atoms in total. The summed E-state index contributed by atoms with van der Waals surface area (Å²) in [4.78, 5) is 34.9. The lowest BCUT2D eigenvalue weighted by Gasteiger charge is -2.34. The van der Waals surface area contributed by atoms with Gasteiger partial charge in [0.1, 0.15) is 16.6 Å². The van der Waals surface area contributed by atoms with Gasteiger partial charge in [-0.1, -0.05) is 6.07 Å². The first-order chi connectivity index (χ1) is 21.0. The van der Waals surface area contributed by atoms with Crippen molar-refractivity contribution in [2.45, 2.75) is 44.1 Å². The van der Waals surface area contributed by atoms with Gasteiger partial charge in [-0.2, -0.15) is 26.3 Å². The predicted molar refractivity (Wildman–Crippen MR) is 152 cm³/mol. The number of nitrogens with one attached hydrogen (secondary N) is 1. The number of fused-ring (bicyclic) bond motifs is 1. The van der Waals surface area contributed by atoms with Crippen LogP contribution >= 0.6 is 11.3 Å². The van der Waals surface area contributed by atoms with E-state index in [9.17, 15) is 31.1 Å². The lowest BCUT2D eigenvalue weighted by Crippen LogP contribution is -2.41. The molecule has 0 spiro atoms. The summed E-state index contributed by atoms with van der Waals surface area (Å²) in [5.74, 6) is -2.75. The van der Waals surface area contributed by atoms with Gasteiger partial charge in [0, 0.05) is 12.4 Å². The highest BCUT2D eigenvalue weighted by atomic mass is 32.1. The number of anilines is 2. The summed E-state index contributed by atoms with van der Waals surface area (Å²) in [7, 11) is 1.35. The molecule has 4 aromatic rings. The molecular weight excluding hydrogens is 628 g/mol. The Bertz CT molecular complexity index is 1730. The Morgan fingerprint density at radius 3 is 2.40 bits per heavy atom. The number of nitrogens with two attached hydrogens (primary N) is 1. The molecule has 5 rings (SSSR count). The minimum atomic E-state index is -5.08. The third-order valence-corrected chi connectivity index (χ3v) is 7.92. The van der Waals surface area contributed by atoms with Crippen molar-refractivity contribution in [2.24, 2.45) is 5.73 Å². The minimum absolute atomic E-state index is 0.0416. The number of hydrogen-bond donors (Lipinski definition) is 3. The molecule has 0 amide bonds. The highest BCUT2D eigenvalue weighted by Crippen LogP contribution is 2.42. The lowest BCUT2D eigenvalue weighted by atomic mass is 9.77. The molecule has 3 aromatic heterocycles. The number of hydrogen-bond acceptors (Lipinski definition) is 9. The standard InChI is InChI=1S/C27H24F3N5O2S.C2HF3O2/c1-15-10-20(34-23(11-15)35-22-13-18(7-9-32-22)27(28,29)30)21-14-33-25(38-21)26(31)8-3-4-16-12-17(24(36)37-2)5-6-19(16)26;3-2(4,5)1(6)7/h5-7,9-14H,3-4,8,31H2,1-2H3,(H,32,34,35);(H,6,7). The number of ether oxygens (including phenoxy) is 1. The fourth-order valence-electron chi connectivity index (χ4n) is 4.66. The molecule has 0 fully saturated rings. The number of carboxylic acids is 1. The lowest BCUT2D eigenvalue weighted by molar-refractivity contribution is -0.192. The van der Waals surface area contributed by atoms with Crippen LogP contribution < -0.4 is 11.1 Å². The van der Waals surface area contributed by atoms with E-state index in [-0.39, 0.29) is 5.82 Å². The molecule has 1 aliphatic carbocycles. The summed E-state index contributed by atoms with van der Waals surface area (Å²) in [6, 6.07) is 10.9. The van der Waals surface area contributed by atoms with Crippen LogP contribution in [-0.4, -0.2) is 45.3 Å². The number of pyridine rings is 2. The maximum absolute atomic E-state index is 13.1. The van der Waals surface area contributed by atoms with Crippen LogP contribution in [0.25, 0.3) is 10.6 Å². The Morgan fingerprint density at radius 1 is 1.04 bits per heavy atom. The van der Waals surface area contributed by atoms with Crippen LogP contribution in [0.2, 0.25) is 0 Å². The zero-order chi connectivity index (χ0) is 33.2. The summed E-state index contributed by atoms with van der Waals surface area (Å²) >= 11 is 1.42. The van der Waals surface area contributed by atoms with Gasteiger partial charge in [0.2, 0.25) is 0 Å². The molecule has 0 saturated heterocycles. The SMILES string of the molecule is COC(=O)c1ccc2c(c1)CCCC2(N)c1ncc(-c2cc(C)cc(Nc3cc(C(F)(F)F)ccn3)n2)s1.O=C(O)C(F)(F)F. The van der Waals surface area contributed by atoms with Crippen molar-refractivity contribution in [3.05, 3.63) is 87.7 Å². The van der Waals surface area contributed by atoms with E-state index in [1.54, 1.807) is 18.3 Å². The van der Waals surface area contributed by atoms with Gasteiger partial charge < -0.3 is 20.9 Å². The van der Waals surface area contributed by atoms with Crippen molar-refractivity contribution >= 4 is 34.9 Å². The summed E-state index contributed by atoms with van der Waals surface area (Å²) in [6.07, 6.45) is -4.41. The van der Waals surface area contributed by atoms with E-state index in [1.165, 1.54) is 18.4 Å². The first-order valence-electron chi connectivity index (χ1n) is 13.1. The molecule has 16 heteroatoms. The first-order valence-corrected chi connectivity index (χ1v) is 13.9. The summed E-state index contributed by atoms with van der Waals surface area (Å²) in [5.41, 5.74) is 9.21. The number of aromatic nitrogens is 3. The van der Waals surface area contributed by atoms with Crippen molar-refractivity contribution in [3.8, 4) is 10.6 Å². The van der Waals surface area contributed by atoms with Crippen LogP contribution in [0.3, 0.4) is 0 Å². The smallest absolute Gasteiger partial charge is 0.475 e. The third kappa shape index (κ3) is 7.75. The Labute approximate surface area is 256 Å². The number of rotatable bonds is 5. The van der Waals surface area contributed by atoms with Crippen molar-refractivity contribution < 1.29 is 45.8 Å². The molecule has 238 valence electrons. The highest BCUT2D eigenvalue weighted by Gasteiger charge is 2.39. The van der Waals surface area contributed by atoms with Gasteiger partial charge >= 0.3 is 24.3 Å². The maximum atomic E-state index is 13.1. The van der Waals surface area contributed by atoms with E-state index in [0.717, 1.165) is 57.7 Å². The highest BCUT2D eigenvalue weighted by molar-refractivity contribution is 7.15. The van der Waals surface area contributed by atoms with Crippen LogP contribution in [0.1, 0.15) is 50.5 Å². The molecule has 1 aromatic carbocycles. The van der Waals surface area contributed by atoms with Crippen molar-refractivity contribution in [3.63, 3.8) is 0 Å². The predicted octanol–water partition coefficient (Wildman–Crippen LogP) is 6.63. The van der Waals surface area contributed by atoms with E-state index in [4.69, 9.17) is 20.4 Å². The molecule has 1 aliphatic rings. The molecule has 0 bridgehead atoms. The summed E-state index contributed by atoms with van der Waals surface area (Å²) in [5, 5.41) is 10.7. The number of benzene rings is 1. The van der Waals surface area contributed by atoms with Crippen LogP contribution in [0, 0.1) is 6.92 Å².